The fourth-order valence-electron chi connectivity index (χ4n) is 2.26. The number of aromatic amines is 2. The molecule has 5 heteroatoms. The SMILES string of the molecule is COc1ccccc1C(Br)c1ccc2[nH]c(=O)[nH]c2c1. The smallest absolute Gasteiger partial charge is 0.323 e. The minimum Gasteiger partial charge on any atom is -0.496 e. The topological polar surface area (TPSA) is 57.9 Å². The van der Waals surface area contributed by atoms with Crippen molar-refractivity contribution < 1.29 is 4.74 Å². The van der Waals surface area contributed by atoms with Gasteiger partial charge >= 0.3 is 5.69 Å². The molecule has 0 aliphatic rings. The van der Waals surface area contributed by atoms with E-state index in [1.165, 1.54) is 0 Å². The zero-order chi connectivity index (χ0) is 14.1. The third-order valence-corrected chi connectivity index (χ3v) is 4.27. The molecule has 1 unspecified atom stereocenters. The molecule has 0 saturated heterocycles. The van der Waals surface area contributed by atoms with Crippen LogP contribution in [0.1, 0.15) is 16.0 Å². The van der Waals surface area contributed by atoms with Crippen molar-refractivity contribution >= 4 is 27.0 Å². The summed E-state index contributed by atoms with van der Waals surface area (Å²) in [4.78, 5) is 16.8. The number of hydrogen-bond donors (Lipinski definition) is 2. The Labute approximate surface area is 123 Å². The van der Waals surface area contributed by atoms with Gasteiger partial charge in [0.15, 0.2) is 0 Å². The van der Waals surface area contributed by atoms with Crippen molar-refractivity contribution in [1.82, 2.24) is 9.97 Å². The molecule has 0 fully saturated rings. The van der Waals surface area contributed by atoms with Crippen LogP contribution in [0, 0.1) is 0 Å². The standard InChI is InChI=1S/C15H13BrN2O2/c1-20-13-5-3-2-4-10(13)14(16)9-6-7-11-12(8-9)18-15(19)17-11/h2-8,14H,1H3,(H2,17,18,19). The Bertz CT molecular complexity index is 807. The molecule has 4 nitrogen and oxygen atoms in total. The second kappa shape index (κ2) is 5.17. The Hall–Kier alpha value is -2.01. The molecule has 3 aromatic rings. The summed E-state index contributed by atoms with van der Waals surface area (Å²) in [6, 6.07) is 13.7. The molecule has 0 saturated carbocycles. The van der Waals surface area contributed by atoms with E-state index in [0.717, 1.165) is 27.9 Å². The number of hydrogen-bond acceptors (Lipinski definition) is 2. The zero-order valence-corrected chi connectivity index (χ0v) is 12.4. The van der Waals surface area contributed by atoms with Gasteiger partial charge in [-0.1, -0.05) is 40.2 Å². The van der Waals surface area contributed by atoms with Crippen LogP contribution in [0.15, 0.2) is 47.3 Å². The van der Waals surface area contributed by atoms with Gasteiger partial charge in [-0.25, -0.2) is 4.79 Å². The number of alkyl halides is 1. The molecule has 2 aromatic carbocycles. The maximum atomic E-state index is 11.3. The predicted octanol–water partition coefficient (Wildman–Crippen LogP) is 3.35. The van der Waals surface area contributed by atoms with Gasteiger partial charge < -0.3 is 14.7 Å². The highest BCUT2D eigenvalue weighted by molar-refractivity contribution is 9.09. The molecular weight excluding hydrogens is 320 g/mol. The fraction of sp³-hybridized carbons (Fsp3) is 0.133. The number of methoxy groups -OCH3 is 1. The largest absolute Gasteiger partial charge is 0.496 e. The summed E-state index contributed by atoms with van der Waals surface area (Å²) in [6.45, 7) is 0. The first-order valence-corrected chi connectivity index (χ1v) is 7.09. The van der Waals surface area contributed by atoms with Crippen molar-refractivity contribution in [1.29, 1.82) is 0 Å². The van der Waals surface area contributed by atoms with Crippen LogP contribution in [0.2, 0.25) is 0 Å². The number of ether oxygens (including phenoxy) is 1. The Balaban J connectivity index is 2.07. The molecule has 1 heterocycles. The lowest BCUT2D eigenvalue weighted by Gasteiger charge is -2.14. The molecule has 0 amide bonds. The van der Waals surface area contributed by atoms with Gasteiger partial charge in [-0.15, -0.1) is 0 Å². The van der Waals surface area contributed by atoms with E-state index in [2.05, 4.69) is 25.9 Å². The number of rotatable bonds is 3. The number of benzene rings is 2. The Morgan fingerprint density at radius 3 is 2.65 bits per heavy atom. The lowest BCUT2D eigenvalue weighted by atomic mass is 10.0. The predicted molar refractivity (Wildman–Crippen MR) is 82.7 cm³/mol. The quantitative estimate of drug-likeness (QED) is 0.722. The summed E-state index contributed by atoms with van der Waals surface area (Å²) in [5, 5.41) is 0. The van der Waals surface area contributed by atoms with Crippen LogP contribution in [0.4, 0.5) is 0 Å². The lowest BCUT2D eigenvalue weighted by molar-refractivity contribution is 0.410. The number of fused-ring (bicyclic) bond motifs is 1. The van der Waals surface area contributed by atoms with Crippen LogP contribution in [0.3, 0.4) is 0 Å². The highest BCUT2D eigenvalue weighted by atomic mass is 79.9. The van der Waals surface area contributed by atoms with Gasteiger partial charge in [0.2, 0.25) is 0 Å². The first-order valence-electron chi connectivity index (χ1n) is 6.18. The Morgan fingerprint density at radius 2 is 1.85 bits per heavy atom. The van der Waals surface area contributed by atoms with Crippen LogP contribution in [-0.4, -0.2) is 17.1 Å². The molecule has 1 atom stereocenters. The van der Waals surface area contributed by atoms with Crippen LogP contribution in [0.25, 0.3) is 11.0 Å². The van der Waals surface area contributed by atoms with E-state index in [0.29, 0.717) is 0 Å². The third-order valence-electron chi connectivity index (χ3n) is 3.24. The maximum Gasteiger partial charge on any atom is 0.323 e. The normalized spacial score (nSPS) is 12.5. The summed E-state index contributed by atoms with van der Waals surface area (Å²) >= 11 is 3.70. The summed E-state index contributed by atoms with van der Waals surface area (Å²) in [6.07, 6.45) is 0. The van der Waals surface area contributed by atoms with Gasteiger partial charge in [-0.3, -0.25) is 0 Å². The van der Waals surface area contributed by atoms with E-state index in [1.807, 2.05) is 42.5 Å². The first kappa shape index (κ1) is 13.0. The van der Waals surface area contributed by atoms with E-state index in [9.17, 15) is 4.79 Å². The highest BCUT2D eigenvalue weighted by Gasteiger charge is 2.15. The summed E-state index contributed by atoms with van der Waals surface area (Å²) in [5.74, 6) is 0.831. The van der Waals surface area contributed by atoms with Crippen LogP contribution >= 0.6 is 15.9 Å². The van der Waals surface area contributed by atoms with Gasteiger partial charge in [0.1, 0.15) is 5.75 Å². The van der Waals surface area contributed by atoms with Gasteiger partial charge in [0.05, 0.1) is 23.0 Å². The number of H-pyrrole nitrogens is 2. The Kier molecular flexibility index (Phi) is 3.36. The van der Waals surface area contributed by atoms with Crippen molar-refractivity contribution in [2.75, 3.05) is 7.11 Å². The van der Waals surface area contributed by atoms with Crippen LogP contribution in [-0.2, 0) is 0 Å². The fourth-order valence-corrected chi connectivity index (χ4v) is 2.93. The van der Waals surface area contributed by atoms with Crippen LogP contribution < -0.4 is 10.4 Å². The molecule has 0 radical (unpaired) electrons. The van der Waals surface area contributed by atoms with Gasteiger partial charge in [0, 0.05) is 5.56 Å². The lowest BCUT2D eigenvalue weighted by Crippen LogP contribution is -1.99. The molecule has 2 N–H and O–H groups in total. The molecule has 0 aliphatic carbocycles. The minimum atomic E-state index is -0.194. The maximum absolute atomic E-state index is 11.3. The third kappa shape index (κ3) is 2.25. The molecule has 1 aromatic heterocycles. The summed E-state index contributed by atoms with van der Waals surface area (Å²) in [5.41, 5.74) is 3.51. The monoisotopic (exact) mass is 332 g/mol. The highest BCUT2D eigenvalue weighted by Crippen LogP contribution is 2.36. The number of nitrogens with one attached hydrogen (secondary N) is 2. The van der Waals surface area contributed by atoms with E-state index in [-0.39, 0.29) is 10.5 Å². The molecular formula is C15H13BrN2O2. The van der Waals surface area contributed by atoms with Crippen molar-refractivity contribution in [3.8, 4) is 5.75 Å². The van der Waals surface area contributed by atoms with Crippen molar-refractivity contribution in [2.24, 2.45) is 0 Å². The minimum absolute atomic E-state index is 0.00134. The van der Waals surface area contributed by atoms with Gasteiger partial charge in [-0.05, 0) is 23.8 Å². The van der Waals surface area contributed by atoms with Crippen LogP contribution in [0.5, 0.6) is 5.75 Å². The summed E-state index contributed by atoms with van der Waals surface area (Å²) < 4.78 is 5.39. The summed E-state index contributed by atoms with van der Waals surface area (Å²) in [7, 11) is 1.66. The average molecular weight is 333 g/mol. The average Bonchev–Trinajstić information content (AvgIpc) is 2.85. The molecule has 0 bridgehead atoms. The van der Waals surface area contributed by atoms with Crippen molar-refractivity contribution in [3.05, 3.63) is 64.1 Å². The number of imidazole rings is 1. The van der Waals surface area contributed by atoms with E-state index < -0.39 is 0 Å². The van der Waals surface area contributed by atoms with E-state index in [4.69, 9.17) is 4.74 Å². The van der Waals surface area contributed by atoms with Gasteiger partial charge in [-0.2, -0.15) is 0 Å². The van der Waals surface area contributed by atoms with E-state index >= 15 is 0 Å². The Morgan fingerprint density at radius 1 is 1.10 bits per heavy atom. The number of aromatic nitrogens is 2. The molecule has 0 aliphatic heterocycles. The second-order valence-corrected chi connectivity index (χ2v) is 5.40. The number of halogens is 1. The van der Waals surface area contributed by atoms with E-state index in [1.54, 1.807) is 7.11 Å². The van der Waals surface area contributed by atoms with Crippen molar-refractivity contribution in [2.45, 2.75) is 4.83 Å². The number of para-hydroxylation sites is 1. The first-order chi connectivity index (χ1) is 9.69. The molecule has 0 spiro atoms. The molecule has 3 rings (SSSR count). The van der Waals surface area contributed by atoms with Gasteiger partial charge in [0.25, 0.3) is 0 Å². The molecule has 102 valence electrons. The second-order valence-electron chi connectivity index (χ2n) is 4.49. The zero-order valence-electron chi connectivity index (χ0n) is 10.8. The van der Waals surface area contributed by atoms with Crippen molar-refractivity contribution in [3.63, 3.8) is 0 Å². The molecule has 20 heavy (non-hydrogen) atoms.